The second kappa shape index (κ2) is 7.87. The molecule has 2 fully saturated rings. The third-order valence-electron chi connectivity index (χ3n) is 7.07. The minimum atomic E-state index is -4.78. The molecular weight excluding hydrogens is 471 g/mol. The number of benzene rings is 3. The van der Waals surface area contributed by atoms with Crippen LogP contribution in [0.25, 0.3) is 0 Å². The number of alkyl halides is 3. The SMILES string of the molecule is O=C(c1ccccc1)[C@@H]1[C@@H]2C(=O)N(c3ccccc3C(F)(F)F)C(=O)[C@@H]2C2c3ccccc3C=NN21. The van der Waals surface area contributed by atoms with Crippen molar-refractivity contribution in [2.45, 2.75) is 18.3 Å². The van der Waals surface area contributed by atoms with E-state index >= 15 is 0 Å². The van der Waals surface area contributed by atoms with Crippen LogP contribution in [0.4, 0.5) is 18.9 Å². The van der Waals surface area contributed by atoms with E-state index in [-0.39, 0.29) is 0 Å². The highest BCUT2D eigenvalue weighted by atomic mass is 19.4. The van der Waals surface area contributed by atoms with Crippen LogP contribution in [0.3, 0.4) is 0 Å². The number of carbonyl (C=O) groups is 3. The van der Waals surface area contributed by atoms with E-state index in [4.69, 9.17) is 0 Å². The first-order valence-electron chi connectivity index (χ1n) is 11.3. The van der Waals surface area contributed by atoms with Gasteiger partial charge in [-0.2, -0.15) is 18.3 Å². The van der Waals surface area contributed by atoms with Crippen LogP contribution in [-0.2, 0) is 15.8 Å². The number of rotatable bonds is 3. The normalized spacial score (nSPS) is 24.5. The number of amides is 2. The first-order valence-corrected chi connectivity index (χ1v) is 11.3. The first-order chi connectivity index (χ1) is 17.3. The quantitative estimate of drug-likeness (QED) is 0.402. The van der Waals surface area contributed by atoms with Crippen molar-refractivity contribution in [3.63, 3.8) is 0 Å². The van der Waals surface area contributed by atoms with Crippen molar-refractivity contribution in [2.24, 2.45) is 16.9 Å². The number of fused-ring (bicyclic) bond motifs is 5. The summed E-state index contributed by atoms with van der Waals surface area (Å²) in [4.78, 5) is 41.9. The van der Waals surface area contributed by atoms with Gasteiger partial charge in [-0.05, 0) is 23.3 Å². The highest BCUT2D eigenvalue weighted by Gasteiger charge is 2.65. The Bertz CT molecular complexity index is 1440. The summed E-state index contributed by atoms with van der Waals surface area (Å²) in [6.45, 7) is 0. The maximum Gasteiger partial charge on any atom is 0.418 e. The fraction of sp³-hybridized carbons (Fsp3) is 0.185. The summed E-state index contributed by atoms with van der Waals surface area (Å²) < 4.78 is 41.4. The molecule has 6 rings (SSSR count). The van der Waals surface area contributed by atoms with Crippen LogP contribution < -0.4 is 4.90 Å². The third-order valence-corrected chi connectivity index (χ3v) is 7.07. The van der Waals surface area contributed by atoms with Gasteiger partial charge in [0.1, 0.15) is 6.04 Å². The zero-order valence-electron chi connectivity index (χ0n) is 18.6. The van der Waals surface area contributed by atoms with Crippen LogP contribution in [0.2, 0.25) is 0 Å². The van der Waals surface area contributed by atoms with Gasteiger partial charge in [-0.15, -0.1) is 0 Å². The number of hydrogen-bond donors (Lipinski definition) is 0. The Labute approximate surface area is 203 Å². The van der Waals surface area contributed by atoms with Crippen LogP contribution >= 0.6 is 0 Å². The lowest BCUT2D eigenvalue weighted by atomic mass is 9.83. The van der Waals surface area contributed by atoms with E-state index in [2.05, 4.69) is 5.10 Å². The lowest BCUT2D eigenvalue weighted by molar-refractivity contribution is -0.137. The molecule has 9 heteroatoms. The molecule has 3 aliphatic heterocycles. The second-order valence-corrected chi connectivity index (χ2v) is 8.95. The molecule has 2 saturated heterocycles. The molecule has 0 spiro atoms. The van der Waals surface area contributed by atoms with E-state index in [9.17, 15) is 27.6 Å². The maximum absolute atomic E-state index is 13.8. The van der Waals surface area contributed by atoms with E-state index in [1.807, 2.05) is 0 Å². The lowest BCUT2D eigenvalue weighted by Gasteiger charge is -2.34. The molecule has 0 aliphatic carbocycles. The van der Waals surface area contributed by atoms with E-state index in [1.165, 1.54) is 17.1 Å². The predicted molar refractivity (Wildman–Crippen MR) is 124 cm³/mol. The summed E-state index contributed by atoms with van der Waals surface area (Å²) >= 11 is 0. The molecule has 0 bridgehead atoms. The molecule has 6 nitrogen and oxygen atoms in total. The molecule has 1 unspecified atom stereocenters. The minimum Gasteiger partial charge on any atom is -0.292 e. The van der Waals surface area contributed by atoms with E-state index in [0.29, 0.717) is 16.0 Å². The molecule has 4 atom stereocenters. The molecule has 180 valence electrons. The smallest absolute Gasteiger partial charge is 0.292 e. The van der Waals surface area contributed by atoms with Crippen LogP contribution in [0.1, 0.15) is 33.1 Å². The zero-order valence-corrected chi connectivity index (χ0v) is 18.6. The lowest BCUT2D eigenvalue weighted by Crippen LogP contribution is -2.45. The van der Waals surface area contributed by atoms with Gasteiger partial charge in [-0.25, -0.2) is 4.90 Å². The molecule has 2 amide bonds. The Morgan fingerprint density at radius 2 is 1.44 bits per heavy atom. The largest absolute Gasteiger partial charge is 0.418 e. The standard InChI is InChI=1S/C27H18F3N3O3/c28-27(29,30)18-12-6-7-13-19(18)32-25(35)20-21(26(32)36)23(24(34)15-8-2-1-3-9-15)33-22(20)17-11-5-4-10-16(17)14-31-33/h1-14,20-23H/t20-,21+,22?,23-/m0/s1. The molecule has 3 aromatic carbocycles. The van der Waals surface area contributed by atoms with E-state index in [1.54, 1.807) is 60.8 Å². The van der Waals surface area contributed by atoms with Gasteiger partial charge in [-0.1, -0.05) is 66.7 Å². The summed E-state index contributed by atoms with van der Waals surface area (Å²) in [5.74, 6) is -4.29. The zero-order chi connectivity index (χ0) is 25.2. The fourth-order valence-corrected chi connectivity index (χ4v) is 5.59. The van der Waals surface area contributed by atoms with Gasteiger partial charge in [0.2, 0.25) is 11.8 Å². The average molecular weight is 489 g/mol. The van der Waals surface area contributed by atoms with Crippen LogP contribution in [0, 0.1) is 11.8 Å². The number of halogens is 3. The number of nitrogens with zero attached hydrogens (tertiary/aromatic N) is 3. The number of carbonyl (C=O) groups excluding carboxylic acids is 3. The number of ketones is 1. The van der Waals surface area contributed by atoms with Gasteiger partial charge in [0.15, 0.2) is 5.78 Å². The molecule has 36 heavy (non-hydrogen) atoms. The minimum absolute atomic E-state index is 0.324. The van der Waals surface area contributed by atoms with E-state index < -0.39 is 58.9 Å². The molecule has 0 aromatic heterocycles. The van der Waals surface area contributed by atoms with Crippen LogP contribution in [0.5, 0.6) is 0 Å². The summed E-state index contributed by atoms with van der Waals surface area (Å²) in [6, 6.07) is 18.0. The highest BCUT2D eigenvalue weighted by molar-refractivity contribution is 6.25. The van der Waals surface area contributed by atoms with Crippen LogP contribution in [0.15, 0.2) is 84.0 Å². The van der Waals surface area contributed by atoms with Crippen molar-refractivity contribution in [1.82, 2.24) is 5.01 Å². The van der Waals surface area contributed by atoms with Crippen molar-refractivity contribution in [3.05, 3.63) is 101 Å². The van der Waals surface area contributed by atoms with Gasteiger partial charge in [0, 0.05) is 5.56 Å². The second-order valence-electron chi connectivity index (χ2n) is 8.95. The number of para-hydroxylation sites is 1. The molecule has 0 N–H and O–H groups in total. The first kappa shape index (κ1) is 22.2. The Balaban J connectivity index is 1.52. The Morgan fingerprint density at radius 3 is 2.19 bits per heavy atom. The van der Waals surface area contributed by atoms with Gasteiger partial charge >= 0.3 is 6.18 Å². The molecule has 3 aromatic rings. The Morgan fingerprint density at radius 1 is 0.806 bits per heavy atom. The maximum atomic E-state index is 13.8. The molecule has 3 aliphatic rings. The molecular formula is C27H18F3N3O3. The summed E-state index contributed by atoms with van der Waals surface area (Å²) in [5.41, 5.74) is 0.124. The van der Waals surface area contributed by atoms with Gasteiger partial charge in [0.25, 0.3) is 0 Å². The fourth-order valence-electron chi connectivity index (χ4n) is 5.59. The van der Waals surface area contributed by atoms with Crippen molar-refractivity contribution >= 4 is 29.5 Å². The monoisotopic (exact) mass is 489 g/mol. The van der Waals surface area contributed by atoms with Crippen molar-refractivity contribution < 1.29 is 27.6 Å². The number of hydrazone groups is 1. The third kappa shape index (κ3) is 3.12. The van der Waals surface area contributed by atoms with Gasteiger partial charge in [0.05, 0.1) is 35.3 Å². The highest BCUT2D eigenvalue weighted by Crippen LogP contribution is 2.54. The summed E-state index contributed by atoms with van der Waals surface area (Å²) in [6.07, 6.45) is -3.20. The molecule has 0 radical (unpaired) electrons. The molecule has 0 saturated carbocycles. The number of imide groups is 1. The average Bonchev–Trinajstić information content (AvgIpc) is 3.36. The number of hydrogen-bond acceptors (Lipinski definition) is 5. The number of anilines is 1. The Hall–Kier alpha value is -4.27. The van der Waals surface area contributed by atoms with Crippen molar-refractivity contribution in [2.75, 3.05) is 4.90 Å². The van der Waals surface area contributed by atoms with E-state index in [0.717, 1.165) is 17.7 Å². The summed E-state index contributed by atoms with van der Waals surface area (Å²) in [7, 11) is 0. The number of Topliss-reactive ketones (excluding diaryl/α,β-unsaturated/α-hetero) is 1. The van der Waals surface area contributed by atoms with Gasteiger partial charge in [-0.3, -0.25) is 19.4 Å². The summed E-state index contributed by atoms with van der Waals surface area (Å²) in [5, 5.41) is 5.93. The predicted octanol–water partition coefficient (Wildman–Crippen LogP) is 4.47. The Kier molecular flexibility index (Phi) is 4.86. The van der Waals surface area contributed by atoms with Crippen molar-refractivity contribution in [1.29, 1.82) is 0 Å². The topological polar surface area (TPSA) is 70.0 Å². The van der Waals surface area contributed by atoms with Crippen LogP contribution in [-0.4, -0.2) is 34.9 Å². The van der Waals surface area contributed by atoms with Crippen molar-refractivity contribution in [3.8, 4) is 0 Å². The van der Waals surface area contributed by atoms with Gasteiger partial charge < -0.3 is 0 Å². The molecule has 3 heterocycles.